The first-order valence-electron chi connectivity index (χ1n) is 7.48. The van der Waals surface area contributed by atoms with E-state index in [4.69, 9.17) is 9.47 Å². The van der Waals surface area contributed by atoms with E-state index in [1.165, 1.54) is 0 Å². The highest BCUT2D eigenvalue weighted by molar-refractivity contribution is 5.94. The molecule has 2 aromatic carbocycles. The molecule has 0 bridgehead atoms. The largest absolute Gasteiger partial charge is 0.508 e. The van der Waals surface area contributed by atoms with E-state index in [-0.39, 0.29) is 12.5 Å². The second kappa shape index (κ2) is 5.73. The van der Waals surface area contributed by atoms with Gasteiger partial charge in [-0.1, -0.05) is 12.1 Å². The van der Waals surface area contributed by atoms with E-state index in [1.54, 1.807) is 24.4 Å². The molecular formula is C18H15N3O3. The van der Waals surface area contributed by atoms with Gasteiger partial charge in [0.2, 0.25) is 6.79 Å². The Morgan fingerprint density at radius 1 is 1.17 bits per heavy atom. The summed E-state index contributed by atoms with van der Waals surface area (Å²) in [5, 5.41) is 14.6. The van der Waals surface area contributed by atoms with Crippen molar-refractivity contribution in [1.82, 2.24) is 4.98 Å². The van der Waals surface area contributed by atoms with Crippen LogP contribution in [0, 0.1) is 6.92 Å². The van der Waals surface area contributed by atoms with Gasteiger partial charge in [0, 0.05) is 17.1 Å². The van der Waals surface area contributed by atoms with Gasteiger partial charge in [0.1, 0.15) is 5.75 Å². The van der Waals surface area contributed by atoms with Crippen molar-refractivity contribution in [3.05, 3.63) is 53.7 Å². The van der Waals surface area contributed by atoms with Gasteiger partial charge in [0.25, 0.3) is 0 Å². The second-order valence-corrected chi connectivity index (χ2v) is 5.50. The molecule has 6 nitrogen and oxygen atoms in total. The van der Waals surface area contributed by atoms with Crippen molar-refractivity contribution in [2.45, 2.75) is 6.92 Å². The van der Waals surface area contributed by atoms with E-state index in [2.05, 4.69) is 15.5 Å². The van der Waals surface area contributed by atoms with Crippen molar-refractivity contribution in [2.75, 3.05) is 12.2 Å². The Bertz CT molecular complexity index is 954. The smallest absolute Gasteiger partial charge is 0.231 e. The Morgan fingerprint density at radius 2 is 2.00 bits per heavy atom. The van der Waals surface area contributed by atoms with E-state index in [1.807, 2.05) is 31.2 Å². The molecule has 3 aromatic rings. The van der Waals surface area contributed by atoms with Crippen LogP contribution in [0.2, 0.25) is 0 Å². The Balaban J connectivity index is 1.68. The normalized spacial score (nSPS) is 12.9. The van der Waals surface area contributed by atoms with Crippen LogP contribution in [-0.2, 0) is 0 Å². The maximum absolute atomic E-state index is 9.48. The summed E-state index contributed by atoms with van der Waals surface area (Å²) >= 11 is 0. The third kappa shape index (κ3) is 2.69. The lowest BCUT2D eigenvalue weighted by molar-refractivity contribution is 0.174. The number of anilines is 1. The quantitative estimate of drug-likeness (QED) is 0.571. The van der Waals surface area contributed by atoms with Gasteiger partial charge in [0.15, 0.2) is 11.5 Å². The second-order valence-electron chi connectivity index (χ2n) is 5.50. The number of aromatic nitrogens is 1. The van der Waals surface area contributed by atoms with Crippen LogP contribution in [-0.4, -0.2) is 23.1 Å². The summed E-state index contributed by atoms with van der Waals surface area (Å²) in [6.07, 6.45) is 1.65. The number of aryl methyl sites for hydroxylation is 1. The molecule has 120 valence electrons. The summed E-state index contributed by atoms with van der Waals surface area (Å²) in [6, 6.07) is 12.6. The summed E-state index contributed by atoms with van der Waals surface area (Å²) < 4.78 is 10.8. The lowest BCUT2D eigenvalue weighted by Crippen LogP contribution is -1.95. The Kier molecular flexibility index (Phi) is 3.42. The summed E-state index contributed by atoms with van der Waals surface area (Å²) in [5.41, 5.74) is 6.35. The fourth-order valence-corrected chi connectivity index (χ4v) is 2.62. The van der Waals surface area contributed by atoms with Crippen LogP contribution in [0.25, 0.3) is 10.9 Å². The number of hydrogen-bond donors (Lipinski definition) is 2. The minimum atomic E-state index is 0.205. The third-order valence-corrected chi connectivity index (χ3v) is 3.70. The number of fused-ring (bicyclic) bond motifs is 2. The average molecular weight is 321 g/mol. The number of nitrogens with zero attached hydrogens (tertiary/aromatic N) is 2. The molecule has 0 radical (unpaired) electrons. The molecule has 6 heteroatoms. The molecule has 2 heterocycles. The number of aromatic hydroxyl groups is 1. The van der Waals surface area contributed by atoms with Crippen LogP contribution in [0.5, 0.6) is 17.2 Å². The first-order valence-corrected chi connectivity index (χ1v) is 7.48. The number of hydrogen-bond acceptors (Lipinski definition) is 6. The molecule has 0 atom stereocenters. The molecule has 0 aliphatic carbocycles. The highest BCUT2D eigenvalue weighted by atomic mass is 16.7. The predicted molar refractivity (Wildman–Crippen MR) is 91.9 cm³/mol. The average Bonchev–Trinajstić information content (AvgIpc) is 3.00. The standard InChI is InChI=1S/C18H15N3O3/c1-11-5-16(21-19-9-12-3-2-4-13(22)6-12)14-7-17-18(24-10-23-17)8-15(14)20-11/h2-9,22H,10H2,1H3,(H,20,21)/b19-9+. The molecule has 0 saturated heterocycles. The number of pyridine rings is 1. The van der Waals surface area contributed by atoms with Gasteiger partial charge >= 0.3 is 0 Å². The van der Waals surface area contributed by atoms with Gasteiger partial charge in [-0.15, -0.1) is 0 Å². The van der Waals surface area contributed by atoms with E-state index in [0.29, 0.717) is 11.5 Å². The van der Waals surface area contributed by atoms with Crippen molar-refractivity contribution in [3.63, 3.8) is 0 Å². The van der Waals surface area contributed by atoms with E-state index < -0.39 is 0 Å². The summed E-state index contributed by atoms with van der Waals surface area (Å²) in [6.45, 7) is 2.15. The summed E-state index contributed by atoms with van der Waals surface area (Å²) in [5.74, 6) is 1.61. The van der Waals surface area contributed by atoms with Crippen molar-refractivity contribution >= 4 is 22.8 Å². The third-order valence-electron chi connectivity index (χ3n) is 3.70. The topological polar surface area (TPSA) is 76.0 Å². The van der Waals surface area contributed by atoms with Crippen LogP contribution >= 0.6 is 0 Å². The van der Waals surface area contributed by atoms with Crippen molar-refractivity contribution in [1.29, 1.82) is 0 Å². The molecule has 0 spiro atoms. The van der Waals surface area contributed by atoms with Crippen molar-refractivity contribution in [3.8, 4) is 17.2 Å². The monoisotopic (exact) mass is 321 g/mol. The molecule has 0 saturated carbocycles. The van der Waals surface area contributed by atoms with E-state index in [0.717, 1.165) is 27.8 Å². The SMILES string of the molecule is Cc1cc(N/N=C/c2cccc(O)c2)c2cc3c(cc2n1)OCO3. The van der Waals surface area contributed by atoms with Crippen LogP contribution in [0.4, 0.5) is 5.69 Å². The molecule has 1 aliphatic heterocycles. The molecular weight excluding hydrogens is 306 g/mol. The first kappa shape index (κ1) is 14.3. The van der Waals surface area contributed by atoms with Crippen LogP contribution < -0.4 is 14.9 Å². The van der Waals surface area contributed by atoms with E-state index >= 15 is 0 Å². The highest BCUT2D eigenvalue weighted by Crippen LogP contribution is 2.38. The van der Waals surface area contributed by atoms with Gasteiger partial charge in [0.05, 0.1) is 17.4 Å². The summed E-state index contributed by atoms with van der Waals surface area (Å²) in [4.78, 5) is 4.53. The zero-order valence-corrected chi connectivity index (χ0v) is 13.0. The van der Waals surface area contributed by atoms with Crippen LogP contribution in [0.3, 0.4) is 0 Å². The number of nitrogens with one attached hydrogen (secondary N) is 1. The molecule has 0 unspecified atom stereocenters. The fourth-order valence-electron chi connectivity index (χ4n) is 2.62. The number of rotatable bonds is 3. The van der Waals surface area contributed by atoms with Crippen LogP contribution in [0.15, 0.2) is 47.6 Å². The van der Waals surface area contributed by atoms with E-state index in [9.17, 15) is 5.11 Å². The first-order chi connectivity index (χ1) is 11.7. The van der Waals surface area contributed by atoms with Crippen molar-refractivity contribution < 1.29 is 14.6 Å². The number of ether oxygens (including phenoxy) is 2. The zero-order chi connectivity index (χ0) is 16.5. The molecule has 24 heavy (non-hydrogen) atoms. The number of phenols is 1. The van der Waals surface area contributed by atoms with Crippen molar-refractivity contribution in [2.24, 2.45) is 5.10 Å². The van der Waals surface area contributed by atoms with Gasteiger partial charge in [-0.25, -0.2) is 0 Å². The molecule has 0 fully saturated rings. The van der Waals surface area contributed by atoms with Gasteiger partial charge in [-0.2, -0.15) is 5.10 Å². The predicted octanol–water partition coefficient (Wildman–Crippen LogP) is 3.42. The molecule has 0 amide bonds. The molecule has 1 aromatic heterocycles. The van der Waals surface area contributed by atoms with Gasteiger partial charge in [-0.05, 0) is 36.8 Å². The lowest BCUT2D eigenvalue weighted by Gasteiger charge is -2.08. The maximum atomic E-state index is 9.48. The minimum Gasteiger partial charge on any atom is -0.508 e. The highest BCUT2D eigenvalue weighted by Gasteiger charge is 2.16. The fraction of sp³-hybridized carbons (Fsp3) is 0.111. The Morgan fingerprint density at radius 3 is 2.83 bits per heavy atom. The number of hydrazone groups is 1. The zero-order valence-electron chi connectivity index (χ0n) is 13.0. The minimum absolute atomic E-state index is 0.205. The summed E-state index contributed by atoms with van der Waals surface area (Å²) in [7, 11) is 0. The lowest BCUT2D eigenvalue weighted by atomic mass is 10.1. The molecule has 1 aliphatic rings. The molecule has 4 rings (SSSR count). The van der Waals surface area contributed by atoms with Crippen LogP contribution in [0.1, 0.15) is 11.3 Å². The molecule has 2 N–H and O–H groups in total. The Labute approximate surface area is 138 Å². The van der Waals surface area contributed by atoms with Gasteiger partial charge in [-0.3, -0.25) is 10.4 Å². The van der Waals surface area contributed by atoms with Gasteiger partial charge < -0.3 is 14.6 Å². The Hall–Kier alpha value is -3.28. The number of benzene rings is 2. The number of phenolic OH excluding ortho intramolecular Hbond substituents is 1. The maximum Gasteiger partial charge on any atom is 0.231 e.